The highest BCUT2D eigenvalue weighted by Crippen LogP contribution is 2.11. The lowest BCUT2D eigenvalue weighted by Gasteiger charge is -2.19. The number of sulfone groups is 1. The monoisotopic (exact) mass is 323 g/mol. The van der Waals surface area contributed by atoms with Crippen LogP contribution in [0.5, 0.6) is 0 Å². The summed E-state index contributed by atoms with van der Waals surface area (Å²) in [4.78, 5) is 13.9. The SMILES string of the molecule is Cc1ccc(CCCCC(=O)N2CCCS(=O)(=O)CC2)cc1. The summed E-state index contributed by atoms with van der Waals surface area (Å²) in [6.07, 6.45) is 3.92. The minimum absolute atomic E-state index is 0.0982. The predicted molar refractivity (Wildman–Crippen MR) is 88.6 cm³/mol. The first-order chi connectivity index (χ1) is 10.5. The third kappa shape index (κ3) is 5.44. The lowest BCUT2D eigenvalue weighted by atomic mass is 10.1. The maximum absolute atomic E-state index is 12.1. The third-order valence-corrected chi connectivity index (χ3v) is 5.85. The zero-order valence-electron chi connectivity index (χ0n) is 13.3. The Bertz CT molecular complexity index is 593. The van der Waals surface area contributed by atoms with Gasteiger partial charge in [-0.2, -0.15) is 0 Å². The van der Waals surface area contributed by atoms with Gasteiger partial charge in [0, 0.05) is 19.5 Å². The second-order valence-electron chi connectivity index (χ2n) is 6.08. The Morgan fingerprint density at radius 3 is 2.55 bits per heavy atom. The van der Waals surface area contributed by atoms with Crippen LogP contribution in [0.2, 0.25) is 0 Å². The van der Waals surface area contributed by atoms with Crippen LogP contribution in [0, 0.1) is 6.92 Å². The van der Waals surface area contributed by atoms with Crippen molar-refractivity contribution in [3.05, 3.63) is 35.4 Å². The second kappa shape index (κ2) is 7.77. The number of rotatable bonds is 5. The summed E-state index contributed by atoms with van der Waals surface area (Å²) in [6, 6.07) is 8.49. The van der Waals surface area contributed by atoms with Crippen LogP contribution < -0.4 is 0 Å². The minimum atomic E-state index is -2.94. The van der Waals surface area contributed by atoms with E-state index in [9.17, 15) is 13.2 Å². The molecule has 122 valence electrons. The largest absolute Gasteiger partial charge is 0.342 e. The Balaban J connectivity index is 1.70. The van der Waals surface area contributed by atoms with E-state index in [2.05, 4.69) is 31.2 Å². The third-order valence-electron chi connectivity index (χ3n) is 4.13. The number of carbonyl (C=O) groups excluding carboxylic acids is 1. The van der Waals surface area contributed by atoms with E-state index in [4.69, 9.17) is 0 Å². The van der Waals surface area contributed by atoms with Crippen LogP contribution in [0.1, 0.15) is 36.8 Å². The van der Waals surface area contributed by atoms with Gasteiger partial charge in [-0.25, -0.2) is 8.42 Å². The number of amides is 1. The van der Waals surface area contributed by atoms with E-state index in [0.717, 1.165) is 19.3 Å². The van der Waals surface area contributed by atoms with Gasteiger partial charge in [0.05, 0.1) is 11.5 Å². The molecule has 0 aromatic heterocycles. The molecule has 2 rings (SSSR count). The van der Waals surface area contributed by atoms with Gasteiger partial charge in [0.25, 0.3) is 0 Å². The van der Waals surface area contributed by atoms with Gasteiger partial charge < -0.3 is 4.90 Å². The number of hydrogen-bond acceptors (Lipinski definition) is 3. The summed E-state index contributed by atoms with van der Waals surface area (Å²) in [5, 5.41) is 0. The normalized spacial score (nSPS) is 18.0. The smallest absolute Gasteiger partial charge is 0.222 e. The summed E-state index contributed by atoms with van der Waals surface area (Å²) in [7, 11) is -2.94. The van der Waals surface area contributed by atoms with Crippen molar-refractivity contribution in [3.63, 3.8) is 0 Å². The van der Waals surface area contributed by atoms with Crippen LogP contribution in [0.4, 0.5) is 0 Å². The number of carbonyl (C=O) groups is 1. The van der Waals surface area contributed by atoms with Crippen molar-refractivity contribution in [2.45, 2.75) is 39.0 Å². The van der Waals surface area contributed by atoms with E-state index >= 15 is 0 Å². The standard InChI is InChI=1S/C17H25NO3S/c1-15-7-9-16(10-8-15)5-2-3-6-17(19)18-11-4-13-22(20,21)14-12-18/h7-10H,2-6,11-14H2,1H3. The molecule has 1 aromatic carbocycles. The topological polar surface area (TPSA) is 54.5 Å². The number of aryl methyl sites for hydroxylation is 2. The summed E-state index contributed by atoms with van der Waals surface area (Å²) in [6.45, 7) is 3.01. The average molecular weight is 323 g/mol. The molecule has 1 aromatic rings. The fraction of sp³-hybridized carbons (Fsp3) is 0.588. The zero-order chi connectivity index (χ0) is 16.0. The highest BCUT2D eigenvalue weighted by Gasteiger charge is 2.21. The number of unbranched alkanes of at least 4 members (excludes halogenated alkanes) is 1. The molecule has 1 amide bonds. The first-order valence-electron chi connectivity index (χ1n) is 8.00. The van der Waals surface area contributed by atoms with Crippen molar-refractivity contribution in [3.8, 4) is 0 Å². The van der Waals surface area contributed by atoms with Gasteiger partial charge >= 0.3 is 0 Å². The molecule has 0 saturated carbocycles. The zero-order valence-corrected chi connectivity index (χ0v) is 14.1. The fourth-order valence-electron chi connectivity index (χ4n) is 2.71. The van der Waals surface area contributed by atoms with Gasteiger partial charge in [0.15, 0.2) is 9.84 Å². The highest BCUT2D eigenvalue weighted by molar-refractivity contribution is 7.91. The van der Waals surface area contributed by atoms with Crippen molar-refractivity contribution < 1.29 is 13.2 Å². The lowest BCUT2D eigenvalue weighted by Crippen LogP contribution is -2.33. The highest BCUT2D eigenvalue weighted by atomic mass is 32.2. The molecule has 0 spiro atoms. The molecule has 0 atom stereocenters. The Labute approximate surface area is 133 Å². The van der Waals surface area contributed by atoms with E-state index in [-0.39, 0.29) is 17.4 Å². The molecule has 4 nitrogen and oxygen atoms in total. The van der Waals surface area contributed by atoms with Gasteiger partial charge in [-0.15, -0.1) is 0 Å². The summed E-state index contributed by atoms with van der Waals surface area (Å²) >= 11 is 0. The molecule has 0 aliphatic carbocycles. The van der Waals surface area contributed by atoms with Crippen molar-refractivity contribution in [1.82, 2.24) is 4.90 Å². The van der Waals surface area contributed by atoms with Crippen LogP contribution in [0.15, 0.2) is 24.3 Å². The molecular formula is C17H25NO3S. The number of nitrogens with zero attached hydrogens (tertiary/aromatic N) is 1. The Morgan fingerprint density at radius 1 is 1.09 bits per heavy atom. The van der Waals surface area contributed by atoms with E-state index in [1.807, 2.05) is 0 Å². The van der Waals surface area contributed by atoms with Crippen LogP contribution in [-0.2, 0) is 21.1 Å². The molecule has 1 heterocycles. The van der Waals surface area contributed by atoms with Crippen LogP contribution in [0.25, 0.3) is 0 Å². The Kier molecular flexibility index (Phi) is 6.00. The minimum Gasteiger partial charge on any atom is -0.342 e. The van der Waals surface area contributed by atoms with Gasteiger partial charge in [0.2, 0.25) is 5.91 Å². The lowest BCUT2D eigenvalue weighted by molar-refractivity contribution is -0.131. The molecule has 0 unspecified atom stereocenters. The molecule has 1 saturated heterocycles. The second-order valence-corrected chi connectivity index (χ2v) is 8.38. The van der Waals surface area contributed by atoms with E-state index < -0.39 is 9.84 Å². The summed E-state index contributed by atoms with van der Waals surface area (Å²) < 4.78 is 23.1. The summed E-state index contributed by atoms with van der Waals surface area (Å²) in [5.41, 5.74) is 2.56. The van der Waals surface area contributed by atoms with Crippen molar-refractivity contribution >= 4 is 15.7 Å². The van der Waals surface area contributed by atoms with Gasteiger partial charge in [-0.1, -0.05) is 29.8 Å². The van der Waals surface area contributed by atoms with E-state index in [0.29, 0.717) is 25.9 Å². The van der Waals surface area contributed by atoms with E-state index in [1.54, 1.807) is 4.90 Å². The molecule has 0 radical (unpaired) electrons. The summed E-state index contributed by atoms with van der Waals surface area (Å²) in [5.74, 6) is 0.424. The molecule has 0 N–H and O–H groups in total. The first-order valence-corrected chi connectivity index (χ1v) is 9.82. The Morgan fingerprint density at radius 2 is 1.82 bits per heavy atom. The van der Waals surface area contributed by atoms with Crippen molar-refractivity contribution in [2.24, 2.45) is 0 Å². The van der Waals surface area contributed by atoms with Crippen LogP contribution in [-0.4, -0.2) is 43.8 Å². The molecule has 1 fully saturated rings. The number of benzene rings is 1. The van der Waals surface area contributed by atoms with Crippen molar-refractivity contribution in [2.75, 3.05) is 24.6 Å². The predicted octanol–water partition coefficient (Wildman–Crippen LogP) is 2.35. The fourth-order valence-corrected chi connectivity index (χ4v) is 3.98. The Hall–Kier alpha value is -1.36. The van der Waals surface area contributed by atoms with Crippen LogP contribution >= 0.6 is 0 Å². The molecule has 1 aliphatic rings. The van der Waals surface area contributed by atoms with Gasteiger partial charge in [-0.05, 0) is 38.2 Å². The first kappa shape index (κ1) is 17.0. The molecule has 1 aliphatic heterocycles. The quantitative estimate of drug-likeness (QED) is 0.782. The van der Waals surface area contributed by atoms with Crippen molar-refractivity contribution in [1.29, 1.82) is 0 Å². The van der Waals surface area contributed by atoms with Gasteiger partial charge in [-0.3, -0.25) is 4.79 Å². The molecule has 0 bridgehead atoms. The molecular weight excluding hydrogens is 298 g/mol. The van der Waals surface area contributed by atoms with E-state index in [1.165, 1.54) is 11.1 Å². The molecule has 5 heteroatoms. The molecule has 22 heavy (non-hydrogen) atoms. The van der Waals surface area contributed by atoms with Crippen LogP contribution in [0.3, 0.4) is 0 Å². The average Bonchev–Trinajstić information content (AvgIpc) is 2.66. The maximum Gasteiger partial charge on any atom is 0.222 e. The number of hydrogen-bond donors (Lipinski definition) is 0. The maximum atomic E-state index is 12.1. The van der Waals surface area contributed by atoms with Gasteiger partial charge in [0.1, 0.15) is 0 Å².